The number of hydrogen-bond acceptors (Lipinski definition) is 5. The standard InChI is InChI=1S/C23H31NO4S2/c1-23(2,3)24-30(25,26)22-15-20(29-17-19-7-5-4-6-8-19)9-10-21(22)28-16-18-11-13-27-14-12-18/h4-10,15,18,24H,11-14,16-17H2,1-3H3. The molecule has 5 nitrogen and oxygen atoms in total. The fraction of sp³-hybridized carbons (Fsp3) is 0.478. The summed E-state index contributed by atoms with van der Waals surface area (Å²) in [5, 5.41) is 0. The zero-order valence-corrected chi connectivity index (χ0v) is 19.5. The van der Waals surface area contributed by atoms with Crippen molar-refractivity contribution in [2.45, 2.75) is 54.7 Å². The SMILES string of the molecule is CC(C)(C)NS(=O)(=O)c1cc(SCc2ccccc2)ccc1OCC1CCOCC1. The van der Waals surface area contributed by atoms with Crippen LogP contribution in [0.5, 0.6) is 5.75 Å². The maximum absolute atomic E-state index is 13.1. The Morgan fingerprint density at radius 2 is 1.80 bits per heavy atom. The molecule has 1 N–H and O–H groups in total. The minimum atomic E-state index is -3.72. The van der Waals surface area contributed by atoms with Crippen LogP contribution in [0.25, 0.3) is 0 Å². The van der Waals surface area contributed by atoms with E-state index in [9.17, 15) is 8.42 Å². The van der Waals surface area contributed by atoms with Crippen molar-refractivity contribution in [3.8, 4) is 5.75 Å². The molecule has 2 aromatic rings. The van der Waals surface area contributed by atoms with Crippen molar-refractivity contribution in [1.82, 2.24) is 4.72 Å². The lowest BCUT2D eigenvalue weighted by Gasteiger charge is -2.24. The Labute approximate surface area is 184 Å². The molecule has 0 radical (unpaired) electrons. The van der Waals surface area contributed by atoms with Gasteiger partial charge >= 0.3 is 0 Å². The fourth-order valence-electron chi connectivity index (χ4n) is 3.23. The van der Waals surface area contributed by atoms with Gasteiger partial charge in [-0.3, -0.25) is 0 Å². The van der Waals surface area contributed by atoms with E-state index in [1.807, 2.05) is 45.0 Å². The van der Waals surface area contributed by atoms with Crippen LogP contribution in [0, 0.1) is 5.92 Å². The number of benzene rings is 2. The highest BCUT2D eigenvalue weighted by Crippen LogP contribution is 2.32. The van der Waals surface area contributed by atoms with Crippen LogP contribution in [0.3, 0.4) is 0 Å². The third-order valence-electron chi connectivity index (χ3n) is 4.71. The monoisotopic (exact) mass is 449 g/mol. The first-order valence-electron chi connectivity index (χ1n) is 10.3. The largest absolute Gasteiger partial charge is 0.492 e. The van der Waals surface area contributed by atoms with Crippen LogP contribution in [0.4, 0.5) is 0 Å². The molecule has 30 heavy (non-hydrogen) atoms. The molecule has 0 saturated carbocycles. The zero-order valence-electron chi connectivity index (χ0n) is 17.9. The van der Waals surface area contributed by atoms with Gasteiger partial charge in [-0.05, 0) is 63.3 Å². The van der Waals surface area contributed by atoms with Gasteiger partial charge in [-0.25, -0.2) is 13.1 Å². The van der Waals surface area contributed by atoms with Crippen LogP contribution >= 0.6 is 11.8 Å². The summed E-state index contributed by atoms with van der Waals surface area (Å²) < 4.78 is 40.4. The molecule has 7 heteroatoms. The third kappa shape index (κ3) is 7.01. The minimum absolute atomic E-state index is 0.197. The summed E-state index contributed by atoms with van der Waals surface area (Å²) in [7, 11) is -3.72. The minimum Gasteiger partial charge on any atom is -0.492 e. The second-order valence-electron chi connectivity index (χ2n) is 8.61. The van der Waals surface area contributed by atoms with Gasteiger partial charge in [0.05, 0.1) is 6.61 Å². The molecular weight excluding hydrogens is 418 g/mol. The van der Waals surface area contributed by atoms with Crippen LogP contribution in [-0.4, -0.2) is 33.8 Å². The van der Waals surface area contributed by atoms with E-state index in [0.29, 0.717) is 18.3 Å². The van der Waals surface area contributed by atoms with Gasteiger partial charge in [0.1, 0.15) is 10.6 Å². The smallest absolute Gasteiger partial charge is 0.244 e. The molecule has 0 aromatic heterocycles. The zero-order chi connectivity index (χ0) is 21.6. The highest BCUT2D eigenvalue weighted by atomic mass is 32.2. The lowest BCUT2D eigenvalue weighted by Crippen LogP contribution is -2.40. The number of sulfonamides is 1. The first-order valence-corrected chi connectivity index (χ1v) is 12.8. The molecule has 0 unspecified atom stereocenters. The molecule has 1 heterocycles. The molecular formula is C23H31NO4S2. The molecule has 0 amide bonds. The van der Waals surface area contributed by atoms with Gasteiger partial charge in [0.25, 0.3) is 0 Å². The normalized spacial score (nSPS) is 15.8. The van der Waals surface area contributed by atoms with Crippen molar-refractivity contribution in [1.29, 1.82) is 0 Å². The van der Waals surface area contributed by atoms with E-state index in [0.717, 1.165) is 36.7 Å². The van der Waals surface area contributed by atoms with Gasteiger partial charge in [-0.2, -0.15) is 0 Å². The molecule has 1 fully saturated rings. The van der Waals surface area contributed by atoms with E-state index in [4.69, 9.17) is 9.47 Å². The Kier molecular flexibility index (Phi) is 7.85. The summed E-state index contributed by atoms with van der Waals surface area (Å²) >= 11 is 1.61. The second-order valence-corrected chi connectivity index (χ2v) is 11.3. The van der Waals surface area contributed by atoms with Gasteiger partial charge in [-0.1, -0.05) is 30.3 Å². The number of hydrogen-bond donors (Lipinski definition) is 1. The average Bonchev–Trinajstić information content (AvgIpc) is 2.71. The summed E-state index contributed by atoms with van der Waals surface area (Å²) in [4.78, 5) is 1.09. The molecule has 164 valence electrons. The molecule has 0 bridgehead atoms. The summed E-state index contributed by atoms with van der Waals surface area (Å²) in [5.74, 6) is 1.56. The van der Waals surface area contributed by atoms with Crippen molar-refractivity contribution in [3.05, 3.63) is 54.1 Å². The number of rotatable bonds is 8. The first kappa shape index (κ1) is 23.1. The van der Waals surface area contributed by atoms with Crippen LogP contribution in [0.2, 0.25) is 0 Å². The maximum Gasteiger partial charge on any atom is 0.244 e. The van der Waals surface area contributed by atoms with E-state index in [2.05, 4.69) is 16.9 Å². The van der Waals surface area contributed by atoms with Gasteiger partial charge in [0.2, 0.25) is 10.0 Å². The van der Waals surface area contributed by atoms with E-state index >= 15 is 0 Å². The van der Waals surface area contributed by atoms with Crippen LogP contribution in [0.15, 0.2) is 58.3 Å². The summed E-state index contributed by atoms with van der Waals surface area (Å²) in [6, 6.07) is 15.6. The Hall–Kier alpha value is -1.54. The Bertz CT molecular complexity index is 918. The van der Waals surface area contributed by atoms with Crippen molar-refractivity contribution in [2.24, 2.45) is 5.92 Å². The van der Waals surface area contributed by atoms with Gasteiger partial charge in [0.15, 0.2) is 0 Å². The van der Waals surface area contributed by atoms with Crippen molar-refractivity contribution in [3.63, 3.8) is 0 Å². The Morgan fingerprint density at radius 3 is 2.47 bits per heavy atom. The number of nitrogens with one attached hydrogen (secondary N) is 1. The van der Waals surface area contributed by atoms with Crippen LogP contribution < -0.4 is 9.46 Å². The molecule has 2 aromatic carbocycles. The molecule has 0 atom stereocenters. The first-order chi connectivity index (χ1) is 14.2. The molecule has 0 spiro atoms. The lowest BCUT2D eigenvalue weighted by molar-refractivity contribution is 0.0493. The summed E-state index contributed by atoms with van der Waals surface area (Å²) in [5.41, 5.74) is 0.615. The summed E-state index contributed by atoms with van der Waals surface area (Å²) in [6.45, 7) is 7.47. The van der Waals surface area contributed by atoms with Crippen LogP contribution in [0.1, 0.15) is 39.2 Å². The van der Waals surface area contributed by atoms with Gasteiger partial charge < -0.3 is 9.47 Å². The van der Waals surface area contributed by atoms with Crippen molar-refractivity contribution < 1.29 is 17.9 Å². The predicted molar refractivity (Wildman–Crippen MR) is 122 cm³/mol. The lowest BCUT2D eigenvalue weighted by atomic mass is 10.0. The highest BCUT2D eigenvalue weighted by Gasteiger charge is 2.26. The third-order valence-corrected chi connectivity index (χ3v) is 7.55. The molecule has 1 saturated heterocycles. The van der Waals surface area contributed by atoms with E-state index < -0.39 is 15.6 Å². The average molecular weight is 450 g/mol. The Morgan fingerprint density at radius 1 is 1.10 bits per heavy atom. The molecule has 0 aliphatic carbocycles. The van der Waals surface area contributed by atoms with Crippen molar-refractivity contribution >= 4 is 21.8 Å². The Balaban J connectivity index is 1.81. The highest BCUT2D eigenvalue weighted by molar-refractivity contribution is 7.98. The van der Waals surface area contributed by atoms with Gasteiger partial charge in [-0.15, -0.1) is 11.8 Å². The molecule has 1 aliphatic heterocycles. The van der Waals surface area contributed by atoms with E-state index in [1.54, 1.807) is 23.9 Å². The van der Waals surface area contributed by atoms with Gasteiger partial charge in [0, 0.05) is 29.4 Å². The predicted octanol–water partition coefficient (Wildman–Crippen LogP) is 4.86. The topological polar surface area (TPSA) is 64.6 Å². The maximum atomic E-state index is 13.1. The molecule has 3 rings (SSSR count). The molecule has 1 aliphatic rings. The van der Waals surface area contributed by atoms with E-state index in [-0.39, 0.29) is 4.90 Å². The number of thioether (sulfide) groups is 1. The van der Waals surface area contributed by atoms with Crippen LogP contribution in [-0.2, 0) is 20.5 Å². The quantitative estimate of drug-likeness (QED) is 0.583. The van der Waals surface area contributed by atoms with E-state index in [1.165, 1.54) is 5.56 Å². The fourth-order valence-corrected chi connectivity index (χ4v) is 5.78. The van der Waals surface area contributed by atoms with Crippen molar-refractivity contribution in [2.75, 3.05) is 19.8 Å². The second kappa shape index (κ2) is 10.2. The summed E-state index contributed by atoms with van der Waals surface area (Å²) in [6.07, 6.45) is 1.88. The number of ether oxygens (including phenoxy) is 2.